The second kappa shape index (κ2) is 7.34. The molecule has 1 unspecified atom stereocenters. The normalized spacial score (nSPS) is 26.8. The van der Waals surface area contributed by atoms with Gasteiger partial charge < -0.3 is 15.0 Å². The molecule has 0 aromatic heterocycles. The molecule has 0 aromatic rings. The Morgan fingerprint density at radius 2 is 2.00 bits per heavy atom. The first-order chi connectivity index (χ1) is 8.40. The van der Waals surface area contributed by atoms with Gasteiger partial charge in [-0.2, -0.15) is 0 Å². The van der Waals surface area contributed by atoms with E-state index in [4.69, 9.17) is 4.74 Å². The van der Waals surface area contributed by atoms with E-state index in [1.54, 1.807) is 0 Å². The van der Waals surface area contributed by atoms with Gasteiger partial charge in [0, 0.05) is 19.3 Å². The minimum Gasteiger partial charge on any atom is -0.381 e. The van der Waals surface area contributed by atoms with Gasteiger partial charge in [-0.1, -0.05) is 6.92 Å². The fourth-order valence-electron chi connectivity index (χ4n) is 3.10. The van der Waals surface area contributed by atoms with Gasteiger partial charge in [0.25, 0.3) is 0 Å². The van der Waals surface area contributed by atoms with Crippen molar-refractivity contribution in [1.29, 1.82) is 0 Å². The van der Waals surface area contributed by atoms with Crippen molar-refractivity contribution >= 4 is 0 Å². The third-order valence-corrected chi connectivity index (χ3v) is 4.18. The number of ether oxygens (including phenoxy) is 1. The van der Waals surface area contributed by atoms with Crippen LogP contribution >= 0.6 is 0 Å². The van der Waals surface area contributed by atoms with Crippen LogP contribution in [0.15, 0.2) is 0 Å². The van der Waals surface area contributed by atoms with Crippen LogP contribution in [0.2, 0.25) is 0 Å². The smallest absolute Gasteiger partial charge is 0.0495 e. The summed E-state index contributed by atoms with van der Waals surface area (Å²) in [7, 11) is 0. The maximum absolute atomic E-state index is 5.47. The highest BCUT2D eigenvalue weighted by molar-refractivity contribution is 4.78. The Morgan fingerprint density at radius 3 is 2.65 bits per heavy atom. The largest absolute Gasteiger partial charge is 0.381 e. The van der Waals surface area contributed by atoms with Gasteiger partial charge >= 0.3 is 0 Å². The Morgan fingerprint density at radius 1 is 1.18 bits per heavy atom. The molecule has 0 radical (unpaired) electrons. The van der Waals surface area contributed by atoms with Gasteiger partial charge in [-0.25, -0.2) is 0 Å². The molecule has 2 saturated heterocycles. The molecule has 2 rings (SSSR count). The van der Waals surface area contributed by atoms with E-state index >= 15 is 0 Å². The molecule has 0 spiro atoms. The molecular formula is C14H28N2O. The Labute approximate surface area is 106 Å². The summed E-state index contributed by atoms with van der Waals surface area (Å²) in [6.45, 7) is 9.27. The Balaban J connectivity index is 1.74. The molecule has 2 aliphatic heterocycles. The van der Waals surface area contributed by atoms with Gasteiger partial charge in [-0.15, -0.1) is 0 Å². The van der Waals surface area contributed by atoms with E-state index in [1.807, 2.05) is 0 Å². The van der Waals surface area contributed by atoms with Crippen LogP contribution in [0.25, 0.3) is 0 Å². The monoisotopic (exact) mass is 240 g/mol. The minimum absolute atomic E-state index is 0.830. The van der Waals surface area contributed by atoms with Crippen molar-refractivity contribution in [3.8, 4) is 0 Å². The molecule has 0 aromatic carbocycles. The number of hydrogen-bond donors (Lipinski definition) is 1. The minimum atomic E-state index is 0.830. The van der Waals surface area contributed by atoms with Crippen molar-refractivity contribution in [1.82, 2.24) is 10.2 Å². The van der Waals surface area contributed by atoms with Crippen molar-refractivity contribution in [3.05, 3.63) is 0 Å². The van der Waals surface area contributed by atoms with Gasteiger partial charge in [-0.3, -0.25) is 0 Å². The van der Waals surface area contributed by atoms with E-state index in [9.17, 15) is 0 Å². The lowest BCUT2D eigenvalue weighted by Gasteiger charge is -2.35. The highest BCUT2D eigenvalue weighted by Gasteiger charge is 2.22. The summed E-state index contributed by atoms with van der Waals surface area (Å²) in [5.41, 5.74) is 0. The summed E-state index contributed by atoms with van der Waals surface area (Å²) in [5.74, 6) is 0.830. The molecule has 1 N–H and O–H groups in total. The lowest BCUT2D eigenvalue weighted by Crippen LogP contribution is -2.44. The highest BCUT2D eigenvalue weighted by Crippen LogP contribution is 2.19. The zero-order chi connectivity index (χ0) is 11.9. The number of hydrogen-bond acceptors (Lipinski definition) is 3. The molecule has 0 saturated carbocycles. The summed E-state index contributed by atoms with van der Waals surface area (Å²) in [6.07, 6.45) is 6.57. The fraction of sp³-hybridized carbons (Fsp3) is 1.00. The number of piperidine rings is 1. The molecule has 3 heteroatoms. The van der Waals surface area contributed by atoms with Crippen molar-refractivity contribution < 1.29 is 4.74 Å². The van der Waals surface area contributed by atoms with Crippen LogP contribution in [0, 0.1) is 5.92 Å². The zero-order valence-electron chi connectivity index (χ0n) is 11.3. The standard InChI is InChI=1S/C14H28N2O/c1-2-9-16(14-3-7-15-8-4-14)10-5-13-6-11-17-12-13/h13-15H,2-12H2,1H3. The number of nitrogens with zero attached hydrogens (tertiary/aromatic N) is 1. The summed E-state index contributed by atoms with van der Waals surface area (Å²) in [5, 5.41) is 3.46. The van der Waals surface area contributed by atoms with E-state index in [0.29, 0.717) is 0 Å². The Kier molecular flexibility index (Phi) is 5.75. The van der Waals surface area contributed by atoms with Crippen molar-refractivity contribution in [2.45, 2.75) is 45.1 Å². The number of nitrogens with one attached hydrogen (secondary N) is 1. The molecule has 2 aliphatic rings. The topological polar surface area (TPSA) is 24.5 Å². The van der Waals surface area contributed by atoms with Crippen LogP contribution in [0.1, 0.15) is 39.0 Å². The quantitative estimate of drug-likeness (QED) is 0.767. The van der Waals surface area contributed by atoms with E-state index in [1.165, 1.54) is 58.3 Å². The molecule has 100 valence electrons. The van der Waals surface area contributed by atoms with Gasteiger partial charge in [0.05, 0.1) is 0 Å². The molecule has 0 amide bonds. The average Bonchev–Trinajstić information content (AvgIpc) is 2.88. The van der Waals surface area contributed by atoms with E-state index in [2.05, 4.69) is 17.1 Å². The van der Waals surface area contributed by atoms with E-state index in [0.717, 1.165) is 25.2 Å². The molecule has 1 atom stereocenters. The third-order valence-electron chi connectivity index (χ3n) is 4.18. The second-order valence-corrected chi connectivity index (χ2v) is 5.54. The highest BCUT2D eigenvalue weighted by atomic mass is 16.5. The van der Waals surface area contributed by atoms with Gasteiger partial charge in [-0.05, 0) is 64.2 Å². The molecule has 0 bridgehead atoms. The second-order valence-electron chi connectivity index (χ2n) is 5.54. The van der Waals surface area contributed by atoms with Crippen LogP contribution in [-0.2, 0) is 4.74 Å². The summed E-state index contributed by atoms with van der Waals surface area (Å²) >= 11 is 0. The van der Waals surface area contributed by atoms with Gasteiger partial charge in [0.1, 0.15) is 0 Å². The van der Waals surface area contributed by atoms with Gasteiger partial charge in [0.15, 0.2) is 0 Å². The van der Waals surface area contributed by atoms with Crippen LogP contribution in [0.4, 0.5) is 0 Å². The maximum atomic E-state index is 5.47. The van der Waals surface area contributed by atoms with Crippen LogP contribution in [0.5, 0.6) is 0 Å². The van der Waals surface area contributed by atoms with E-state index < -0.39 is 0 Å². The lowest BCUT2D eigenvalue weighted by atomic mass is 10.0. The Bertz CT molecular complexity index is 198. The lowest BCUT2D eigenvalue weighted by molar-refractivity contribution is 0.143. The molecule has 17 heavy (non-hydrogen) atoms. The average molecular weight is 240 g/mol. The third kappa shape index (κ3) is 4.23. The van der Waals surface area contributed by atoms with Crippen LogP contribution in [-0.4, -0.2) is 50.3 Å². The fourth-order valence-corrected chi connectivity index (χ4v) is 3.10. The first-order valence-electron chi connectivity index (χ1n) is 7.42. The summed E-state index contributed by atoms with van der Waals surface area (Å²) in [4.78, 5) is 2.74. The zero-order valence-corrected chi connectivity index (χ0v) is 11.3. The summed E-state index contributed by atoms with van der Waals surface area (Å²) < 4.78 is 5.47. The van der Waals surface area contributed by atoms with Crippen LogP contribution < -0.4 is 5.32 Å². The predicted molar refractivity (Wildman–Crippen MR) is 71.3 cm³/mol. The van der Waals surface area contributed by atoms with Crippen molar-refractivity contribution in [2.24, 2.45) is 5.92 Å². The predicted octanol–water partition coefficient (Wildman–Crippen LogP) is 1.88. The maximum Gasteiger partial charge on any atom is 0.0495 e. The molecule has 2 heterocycles. The SMILES string of the molecule is CCCN(CCC1CCOC1)C1CCNCC1. The van der Waals surface area contributed by atoms with Gasteiger partial charge in [0.2, 0.25) is 0 Å². The van der Waals surface area contributed by atoms with Crippen LogP contribution in [0.3, 0.4) is 0 Å². The first-order valence-corrected chi connectivity index (χ1v) is 7.42. The Hall–Kier alpha value is -0.120. The molecule has 2 fully saturated rings. The van der Waals surface area contributed by atoms with Crippen molar-refractivity contribution in [2.75, 3.05) is 39.4 Å². The van der Waals surface area contributed by atoms with E-state index in [-0.39, 0.29) is 0 Å². The first kappa shape index (κ1) is 13.3. The number of rotatable bonds is 6. The molecule has 0 aliphatic carbocycles. The van der Waals surface area contributed by atoms with Crippen molar-refractivity contribution in [3.63, 3.8) is 0 Å². The molecule has 3 nitrogen and oxygen atoms in total. The summed E-state index contributed by atoms with van der Waals surface area (Å²) in [6, 6.07) is 0.832. The molecular weight excluding hydrogens is 212 g/mol.